The fourth-order valence-electron chi connectivity index (χ4n) is 3.02. The number of benzene rings is 1. The Kier molecular flexibility index (Phi) is 7.00. The van der Waals surface area contributed by atoms with E-state index in [0.29, 0.717) is 30.8 Å². The van der Waals surface area contributed by atoms with E-state index in [2.05, 4.69) is 0 Å². The first-order chi connectivity index (χ1) is 12.4. The van der Waals surface area contributed by atoms with E-state index in [-0.39, 0.29) is 30.8 Å². The summed E-state index contributed by atoms with van der Waals surface area (Å²) in [4.78, 5) is 38.6. The van der Waals surface area contributed by atoms with E-state index >= 15 is 0 Å². The minimum absolute atomic E-state index is 0.124. The minimum atomic E-state index is -0.808. The van der Waals surface area contributed by atoms with E-state index in [4.69, 9.17) is 9.84 Å². The van der Waals surface area contributed by atoms with Crippen molar-refractivity contribution in [2.24, 2.45) is 5.92 Å². The molecule has 2 rings (SSSR count). The minimum Gasteiger partial charge on any atom is -0.483 e. The van der Waals surface area contributed by atoms with Gasteiger partial charge in [0.15, 0.2) is 6.61 Å². The fourth-order valence-corrected chi connectivity index (χ4v) is 3.02. The summed E-state index contributed by atoms with van der Waals surface area (Å²) in [6.07, 6.45) is 2.50. The molecule has 1 fully saturated rings. The maximum absolute atomic E-state index is 12.9. The number of likely N-dealkylation sites (N-methyl/N-ethyl adjacent to an activating group) is 1. The molecule has 0 aromatic heterocycles. The second kappa shape index (κ2) is 9.22. The average Bonchev–Trinajstić information content (AvgIpc) is 2.64. The van der Waals surface area contributed by atoms with Gasteiger partial charge in [0.1, 0.15) is 5.75 Å². The number of aliphatic carboxylic acids is 1. The number of nitrogens with zero attached hydrogens (tertiary/aromatic N) is 2. The Morgan fingerprint density at radius 1 is 1.27 bits per heavy atom. The van der Waals surface area contributed by atoms with Crippen LogP contribution in [0.4, 0.5) is 0 Å². The highest BCUT2D eigenvalue weighted by Crippen LogP contribution is 2.25. The number of hydrogen-bond donors (Lipinski definition) is 1. The molecule has 0 saturated carbocycles. The zero-order valence-corrected chi connectivity index (χ0v) is 15.3. The monoisotopic (exact) mass is 362 g/mol. The van der Waals surface area contributed by atoms with Crippen LogP contribution in [0.25, 0.3) is 0 Å². The van der Waals surface area contributed by atoms with Crippen LogP contribution < -0.4 is 4.74 Å². The van der Waals surface area contributed by atoms with Gasteiger partial charge in [-0.05, 0) is 37.3 Å². The first kappa shape index (κ1) is 19.8. The molecule has 26 heavy (non-hydrogen) atoms. The Bertz CT molecular complexity index is 659. The quantitative estimate of drug-likeness (QED) is 0.800. The van der Waals surface area contributed by atoms with E-state index < -0.39 is 5.97 Å². The second-order valence-corrected chi connectivity index (χ2v) is 6.76. The number of carboxylic acids is 1. The molecule has 7 nitrogen and oxygen atoms in total. The van der Waals surface area contributed by atoms with E-state index in [1.807, 2.05) is 0 Å². The van der Waals surface area contributed by atoms with E-state index in [9.17, 15) is 14.4 Å². The van der Waals surface area contributed by atoms with Crippen molar-refractivity contribution < 1.29 is 24.2 Å². The van der Waals surface area contributed by atoms with Crippen LogP contribution in [0.3, 0.4) is 0 Å². The molecule has 1 N–H and O–H groups in total. The molecule has 0 radical (unpaired) electrons. The number of para-hydroxylation sites is 1. The Labute approximate surface area is 153 Å². The third kappa shape index (κ3) is 5.47. The summed E-state index contributed by atoms with van der Waals surface area (Å²) >= 11 is 0. The van der Waals surface area contributed by atoms with Crippen molar-refractivity contribution in [3.05, 3.63) is 29.8 Å². The standard InChI is InChI=1S/C19H26N2O5/c1-20(2)17(22)13-26-16-8-4-3-7-15(16)19(25)21-11-5-6-14(12-21)9-10-18(23)24/h3-4,7-8,14H,5-6,9-13H2,1-2H3,(H,23,24). The van der Waals surface area contributed by atoms with Crippen molar-refractivity contribution in [2.45, 2.75) is 25.7 Å². The lowest BCUT2D eigenvalue weighted by Gasteiger charge is -2.33. The number of carboxylic acid groups (broad SMARTS) is 1. The normalized spacial score (nSPS) is 16.8. The van der Waals surface area contributed by atoms with E-state index in [1.165, 1.54) is 4.90 Å². The summed E-state index contributed by atoms with van der Waals surface area (Å²) in [6.45, 7) is 1.07. The van der Waals surface area contributed by atoms with E-state index in [0.717, 1.165) is 12.8 Å². The van der Waals surface area contributed by atoms with Gasteiger partial charge in [0.2, 0.25) is 0 Å². The average molecular weight is 362 g/mol. The second-order valence-electron chi connectivity index (χ2n) is 6.76. The van der Waals surface area contributed by atoms with Crippen LogP contribution in [0, 0.1) is 5.92 Å². The maximum Gasteiger partial charge on any atom is 0.303 e. The maximum atomic E-state index is 12.9. The molecule has 0 bridgehead atoms. The molecule has 0 aliphatic carbocycles. The van der Waals surface area contributed by atoms with Crippen LogP contribution in [0.1, 0.15) is 36.0 Å². The molecule has 1 aromatic carbocycles. The number of carbonyl (C=O) groups excluding carboxylic acids is 2. The summed E-state index contributed by atoms with van der Waals surface area (Å²) in [7, 11) is 3.29. The molecule has 2 amide bonds. The van der Waals surface area contributed by atoms with E-state index in [1.54, 1.807) is 43.3 Å². The van der Waals surface area contributed by atoms with Gasteiger partial charge in [-0.2, -0.15) is 0 Å². The molecule has 1 atom stereocenters. The molecule has 142 valence electrons. The van der Waals surface area contributed by atoms with Gasteiger partial charge < -0.3 is 19.6 Å². The molecule has 1 heterocycles. The first-order valence-electron chi connectivity index (χ1n) is 8.81. The molecule has 1 unspecified atom stereocenters. The third-order valence-corrected chi connectivity index (χ3v) is 4.54. The van der Waals surface area contributed by atoms with Crippen LogP contribution in [0.15, 0.2) is 24.3 Å². The Balaban J connectivity index is 2.04. The van der Waals surface area contributed by atoms with Gasteiger partial charge in [-0.15, -0.1) is 0 Å². The van der Waals surface area contributed by atoms with Crippen LogP contribution in [0.5, 0.6) is 5.75 Å². The summed E-state index contributed by atoms with van der Waals surface area (Å²) in [5.41, 5.74) is 0.429. The van der Waals surface area contributed by atoms with Gasteiger partial charge >= 0.3 is 5.97 Å². The highest BCUT2D eigenvalue weighted by Gasteiger charge is 2.26. The van der Waals surface area contributed by atoms with Crippen LogP contribution >= 0.6 is 0 Å². The lowest BCUT2D eigenvalue weighted by molar-refractivity contribution is -0.137. The predicted octanol–water partition coefficient (Wildman–Crippen LogP) is 1.87. The Hall–Kier alpha value is -2.57. The largest absolute Gasteiger partial charge is 0.483 e. The summed E-state index contributed by atoms with van der Waals surface area (Å²) < 4.78 is 5.56. The molecule has 1 saturated heterocycles. The summed E-state index contributed by atoms with van der Waals surface area (Å²) in [5, 5.41) is 8.85. The van der Waals surface area contributed by atoms with Crippen molar-refractivity contribution in [1.29, 1.82) is 0 Å². The predicted molar refractivity (Wildman–Crippen MR) is 96.1 cm³/mol. The first-order valence-corrected chi connectivity index (χ1v) is 8.81. The molecule has 1 aliphatic rings. The van der Waals surface area contributed by atoms with Crippen molar-refractivity contribution in [2.75, 3.05) is 33.8 Å². The number of rotatable bonds is 7. The van der Waals surface area contributed by atoms with Crippen molar-refractivity contribution in [3.8, 4) is 5.75 Å². The molecular weight excluding hydrogens is 336 g/mol. The smallest absolute Gasteiger partial charge is 0.303 e. The van der Waals surface area contributed by atoms with Gasteiger partial charge in [0, 0.05) is 33.6 Å². The number of likely N-dealkylation sites (tertiary alicyclic amines) is 1. The molecule has 1 aliphatic heterocycles. The molecule has 7 heteroatoms. The zero-order chi connectivity index (χ0) is 19.1. The van der Waals surface area contributed by atoms with Crippen molar-refractivity contribution >= 4 is 17.8 Å². The van der Waals surface area contributed by atoms with Gasteiger partial charge in [0.25, 0.3) is 11.8 Å². The Morgan fingerprint density at radius 3 is 2.69 bits per heavy atom. The fraction of sp³-hybridized carbons (Fsp3) is 0.526. The lowest BCUT2D eigenvalue weighted by atomic mass is 9.93. The lowest BCUT2D eigenvalue weighted by Crippen LogP contribution is -2.40. The van der Waals surface area contributed by atoms with Gasteiger partial charge in [-0.1, -0.05) is 12.1 Å². The molecular formula is C19H26N2O5. The highest BCUT2D eigenvalue weighted by molar-refractivity contribution is 5.97. The topological polar surface area (TPSA) is 87.2 Å². The summed E-state index contributed by atoms with van der Waals surface area (Å²) in [5.74, 6) is -0.540. The number of carbonyl (C=O) groups is 3. The Morgan fingerprint density at radius 2 is 2.00 bits per heavy atom. The molecule has 0 spiro atoms. The highest BCUT2D eigenvalue weighted by atomic mass is 16.5. The number of ether oxygens (including phenoxy) is 1. The zero-order valence-electron chi connectivity index (χ0n) is 15.3. The van der Waals surface area contributed by atoms with Gasteiger partial charge in [-0.25, -0.2) is 0 Å². The van der Waals surface area contributed by atoms with Crippen molar-refractivity contribution in [1.82, 2.24) is 9.80 Å². The SMILES string of the molecule is CN(C)C(=O)COc1ccccc1C(=O)N1CCCC(CCC(=O)O)C1. The van der Waals surface area contributed by atoms with Crippen molar-refractivity contribution in [3.63, 3.8) is 0 Å². The number of piperidine rings is 1. The number of hydrogen-bond acceptors (Lipinski definition) is 4. The molecule has 1 aromatic rings. The number of amides is 2. The summed E-state index contributed by atoms with van der Waals surface area (Å²) in [6, 6.07) is 6.90. The van der Waals surface area contributed by atoms with Crippen LogP contribution in [-0.4, -0.2) is 66.5 Å². The van der Waals surface area contributed by atoms with Crippen LogP contribution in [-0.2, 0) is 9.59 Å². The third-order valence-electron chi connectivity index (χ3n) is 4.54. The van der Waals surface area contributed by atoms with Crippen LogP contribution in [0.2, 0.25) is 0 Å². The van der Waals surface area contributed by atoms with Gasteiger partial charge in [0.05, 0.1) is 5.56 Å². The van der Waals surface area contributed by atoms with Gasteiger partial charge in [-0.3, -0.25) is 14.4 Å².